The van der Waals surface area contributed by atoms with Crippen molar-refractivity contribution in [2.45, 2.75) is 24.7 Å². The van der Waals surface area contributed by atoms with Crippen LogP contribution in [0.4, 0.5) is 10.1 Å². The molecular weight excluding hydrogens is 399 g/mol. The Balaban J connectivity index is 1.63. The summed E-state index contributed by atoms with van der Waals surface area (Å²) >= 11 is 0. The van der Waals surface area contributed by atoms with E-state index < -0.39 is 34.3 Å². The van der Waals surface area contributed by atoms with Gasteiger partial charge in [-0.3, -0.25) is 4.79 Å². The molecule has 0 atom stereocenters. The maximum absolute atomic E-state index is 13.8. The summed E-state index contributed by atoms with van der Waals surface area (Å²) in [6.07, 6.45) is 1.61. The van der Waals surface area contributed by atoms with Gasteiger partial charge < -0.3 is 10.1 Å². The zero-order valence-electron chi connectivity index (χ0n) is 15.9. The molecule has 1 aliphatic heterocycles. The van der Waals surface area contributed by atoms with Crippen molar-refractivity contribution in [2.75, 3.05) is 25.0 Å². The molecule has 0 saturated carbocycles. The molecule has 7 nitrogen and oxygen atoms in total. The van der Waals surface area contributed by atoms with Gasteiger partial charge >= 0.3 is 5.97 Å². The summed E-state index contributed by atoms with van der Waals surface area (Å²) in [5.74, 6) is -2.14. The van der Waals surface area contributed by atoms with Crippen LogP contribution in [0.1, 0.15) is 28.8 Å². The Morgan fingerprint density at radius 3 is 2.55 bits per heavy atom. The molecule has 9 heteroatoms. The molecule has 1 heterocycles. The van der Waals surface area contributed by atoms with Crippen molar-refractivity contribution < 1.29 is 27.1 Å². The van der Waals surface area contributed by atoms with Crippen LogP contribution in [0, 0.1) is 12.7 Å². The van der Waals surface area contributed by atoms with Crippen molar-refractivity contribution in [3.63, 3.8) is 0 Å². The molecule has 0 aromatic heterocycles. The Hall–Kier alpha value is -2.78. The van der Waals surface area contributed by atoms with Gasteiger partial charge in [0.2, 0.25) is 10.0 Å². The van der Waals surface area contributed by atoms with Gasteiger partial charge in [-0.2, -0.15) is 4.31 Å². The average molecular weight is 420 g/mol. The summed E-state index contributed by atoms with van der Waals surface area (Å²) in [5.41, 5.74) is 0.700. The monoisotopic (exact) mass is 420 g/mol. The number of nitrogens with zero attached hydrogens (tertiary/aromatic N) is 1. The molecule has 0 unspecified atom stereocenters. The molecule has 3 rings (SSSR count). The van der Waals surface area contributed by atoms with Crippen LogP contribution in [0.5, 0.6) is 0 Å². The number of carbonyl (C=O) groups excluding carboxylic acids is 2. The predicted octanol–water partition coefficient (Wildman–Crippen LogP) is 2.71. The van der Waals surface area contributed by atoms with Crippen LogP contribution in [0.15, 0.2) is 47.4 Å². The molecule has 2 aromatic rings. The third-order valence-electron chi connectivity index (χ3n) is 4.51. The van der Waals surface area contributed by atoms with Gasteiger partial charge in [0, 0.05) is 13.1 Å². The quantitative estimate of drug-likeness (QED) is 0.726. The zero-order valence-corrected chi connectivity index (χ0v) is 16.7. The molecule has 29 heavy (non-hydrogen) atoms. The van der Waals surface area contributed by atoms with Crippen molar-refractivity contribution in [3.05, 3.63) is 59.4 Å². The number of aryl methyl sites for hydroxylation is 1. The highest BCUT2D eigenvalue weighted by molar-refractivity contribution is 7.89. The van der Waals surface area contributed by atoms with Crippen molar-refractivity contribution in [1.29, 1.82) is 0 Å². The minimum Gasteiger partial charge on any atom is -0.452 e. The first-order chi connectivity index (χ1) is 13.8. The summed E-state index contributed by atoms with van der Waals surface area (Å²) in [6, 6.07) is 9.82. The molecule has 1 amide bonds. The maximum Gasteiger partial charge on any atom is 0.338 e. The molecule has 0 bridgehead atoms. The lowest BCUT2D eigenvalue weighted by Crippen LogP contribution is -2.28. The van der Waals surface area contributed by atoms with E-state index in [1.807, 2.05) is 0 Å². The van der Waals surface area contributed by atoms with Crippen molar-refractivity contribution >= 4 is 27.6 Å². The van der Waals surface area contributed by atoms with Gasteiger partial charge in [-0.05, 0) is 55.7 Å². The Morgan fingerprint density at radius 1 is 1.14 bits per heavy atom. The Bertz CT molecular complexity index is 1030. The minimum absolute atomic E-state index is 0.0000259. The SMILES string of the molecule is Cc1ccc(NC(=O)COC(=O)c2cccc(S(=O)(=O)N3CCCC3)c2)c(F)c1. The second kappa shape index (κ2) is 8.71. The number of benzene rings is 2. The van der Waals surface area contributed by atoms with Crippen LogP contribution < -0.4 is 5.32 Å². The molecule has 1 aliphatic rings. The number of anilines is 1. The predicted molar refractivity (Wildman–Crippen MR) is 104 cm³/mol. The Kier molecular flexibility index (Phi) is 6.29. The van der Waals surface area contributed by atoms with E-state index in [1.165, 1.54) is 40.7 Å². The van der Waals surface area contributed by atoms with Crippen LogP contribution in [-0.2, 0) is 19.6 Å². The molecule has 0 radical (unpaired) electrons. The van der Waals surface area contributed by atoms with Crippen LogP contribution >= 0.6 is 0 Å². The molecule has 1 N–H and O–H groups in total. The molecule has 1 fully saturated rings. The topological polar surface area (TPSA) is 92.8 Å². The van der Waals surface area contributed by atoms with E-state index in [1.54, 1.807) is 13.0 Å². The second-order valence-corrected chi connectivity index (χ2v) is 8.68. The molecule has 0 spiro atoms. The number of hydrogen-bond donors (Lipinski definition) is 1. The number of esters is 1. The highest BCUT2D eigenvalue weighted by Gasteiger charge is 2.27. The van der Waals surface area contributed by atoms with Gasteiger partial charge in [0.1, 0.15) is 5.82 Å². The van der Waals surface area contributed by atoms with E-state index in [-0.39, 0.29) is 16.1 Å². The normalized spacial score (nSPS) is 14.6. The lowest BCUT2D eigenvalue weighted by molar-refractivity contribution is -0.119. The number of carbonyl (C=O) groups is 2. The average Bonchev–Trinajstić information content (AvgIpc) is 3.24. The molecule has 2 aromatic carbocycles. The third kappa shape index (κ3) is 4.99. The molecular formula is C20H21FN2O5S. The number of nitrogens with one attached hydrogen (secondary N) is 1. The third-order valence-corrected chi connectivity index (χ3v) is 6.40. The summed E-state index contributed by atoms with van der Waals surface area (Å²) in [7, 11) is -3.67. The van der Waals surface area contributed by atoms with E-state index in [9.17, 15) is 22.4 Å². The molecule has 0 aliphatic carbocycles. The van der Waals surface area contributed by atoms with Crippen LogP contribution in [0.2, 0.25) is 0 Å². The Morgan fingerprint density at radius 2 is 1.86 bits per heavy atom. The second-order valence-electron chi connectivity index (χ2n) is 6.75. The maximum atomic E-state index is 13.8. The standard InChI is InChI=1S/C20H21FN2O5S/c1-14-7-8-18(17(21)11-14)22-19(24)13-28-20(25)15-5-4-6-16(12-15)29(26,27)23-9-2-3-10-23/h4-8,11-12H,2-3,9-10,13H2,1H3,(H,22,24). The van der Waals surface area contributed by atoms with E-state index in [0.29, 0.717) is 18.7 Å². The first-order valence-electron chi connectivity index (χ1n) is 9.11. The van der Waals surface area contributed by atoms with Crippen LogP contribution in [0.25, 0.3) is 0 Å². The zero-order chi connectivity index (χ0) is 21.0. The van der Waals surface area contributed by atoms with Gasteiger partial charge in [0.15, 0.2) is 6.61 Å². The highest BCUT2D eigenvalue weighted by Crippen LogP contribution is 2.22. The van der Waals surface area contributed by atoms with Crippen molar-refractivity contribution in [1.82, 2.24) is 4.31 Å². The van der Waals surface area contributed by atoms with Gasteiger partial charge in [-0.25, -0.2) is 17.6 Å². The number of amides is 1. The smallest absolute Gasteiger partial charge is 0.338 e. The lowest BCUT2D eigenvalue weighted by atomic mass is 10.2. The summed E-state index contributed by atoms with van der Waals surface area (Å²) < 4.78 is 45.3. The molecule has 1 saturated heterocycles. The van der Waals surface area contributed by atoms with Crippen molar-refractivity contribution in [2.24, 2.45) is 0 Å². The fraction of sp³-hybridized carbons (Fsp3) is 0.300. The number of halogens is 1. The summed E-state index contributed by atoms with van der Waals surface area (Å²) in [4.78, 5) is 24.2. The number of hydrogen-bond acceptors (Lipinski definition) is 5. The highest BCUT2D eigenvalue weighted by atomic mass is 32.2. The van der Waals surface area contributed by atoms with Gasteiger partial charge in [-0.1, -0.05) is 12.1 Å². The van der Waals surface area contributed by atoms with E-state index >= 15 is 0 Å². The largest absolute Gasteiger partial charge is 0.452 e. The van der Waals surface area contributed by atoms with E-state index in [2.05, 4.69) is 5.32 Å². The minimum atomic E-state index is -3.67. The van der Waals surface area contributed by atoms with E-state index in [4.69, 9.17) is 4.74 Å². The van der Waals surface area contributed by atoms with Crippen LogP contribution in [-0.4, -0.2) is 44.3 Å². The first-order valence-corrected chi connectivity index (χ1v) is 10.5. The van der Waals surface area contributed by atoms with Crippen LogP contribution in [0.3, 0.4) is 0 Å². The van der Waals surface area contributed by atoms with Gasteiger partial charge in [0.05, 0.1) is 16.1 Å². The lowest BCUT2D eigenvalue weighted by Gasteiger charge is -2.15. The summed E-state index contributed by atoms with van der Waals surface area (Å²) in [6.45, 7) is 1.99. The Labute approximate surface area is 168 Å². The number of ether oxygens (including phenoxy) is 1. The number of rotatable bonds is 6. The van der Waals surface area contributed by atoms with E-state index in [0.717, 1.165) is 12.8 Å². The van der Waals surface area contributed by atoms with Gasteiger partial charge in [-0.15, -0.1) is 0 Å². The number of sulfonamides is 1. The fourth-order valence-corrected chi connectivity index (χ4v) is 4.55. The fourth-order valence-electron chi connectivity index (χ4n) is 2.98. The molecule has 154 valence electrons. The van der Waals surface area contributed by atoms with Gasteiger partial charge in [0.25, 0.3) is 5.91 Å². The summed E-state index contributed by atoms with van der Waals surface area (Å²) in [5, 5.41) is 2.32. The van der Waals surface area contributed by atoms with Crippen molar-refractivity contribution in [3.8, 4) is 0 Å². The first kappa shape index (κ1) is 20.9.